The van der Waals surface area contributed by atoms with E-state index in [0.29, 0.717) is 11.5 Å². The molecule has 5 atom stereocenters. The van der Waals surface area contributed by atoms with Crippen molar-refractivity contribution in [2.45, 2.75) is 63.9 Å². The Morgan fingerprint density at radius 3 is 2.59 bits per heavy atom. The molecule has 2 aromatic carbocycles. The molecule has 3 amide bonds. The number of benzene rings is 2. The van der Waals surface area contributed by atoms with Crippen LogP contribution in [0, 0.1) is 11.8 Å². The number of fused-ring (bicyclic) bond motifs is 4. The summed E-state index contributed by atoms with van der Waals surface area (Å²) in [4.78, 5) is 48.1. The predicted molar refractivity (Wildman–Crippen MR) is 164 cm³/mol. The maximum atomic E-state index is 13.9. The Morgan fingerprint density at radius 1 is 1.09 bits per heavy atom. The van der Waals surface area contributed by atoms with Crippen LogP contribution in [0.1, 0.15) is 72.6 Å². The second-order valence-corrected chi connectivity index (χ2v) is 12.6. The summed E-state index contributed by atoms with van der Waals surface area (Å²) in [6, 6.07) is 11.6. The second kappa shape index (κ2) is 10.7. The molecule has 3 aliphatic heterocycles. The maximum Gasteiger partial charge on any atom is 0.270 e. The number of anilines is 1. The van der Waals surface area contributed by atoms with Crippen LogP contribution in [0.25, 0.3) is 11.6 Å². The van der Waals surface area contributed by atoms with E-state index in [1.807, 2.05) is 56.3 Å². The minimum atomic E-state index is -1.29. The van der Waals surface area contributed by atoms with Gasteiger partial charge < -0.3 is 40.4 Å². The molecular weight excluding hydrogens is 592 g/mol. The van der Waals surface area contributed by atoms with Crippen LogP contribution in [0.4, 0.5) is 5.69 Å². The Balaban J connectivity index is 1.48. The van der Waals surface area contributed by atoms with Gasteiger partial charge in [0.25, 0.3) is 5.91 Å². The van der Waals surface area contributed by atoms with Gasteiger partial charge in [-0.05, 0) is 35.1 Å². The van der Waals surface area contributed by atoms with E-state index >= 15 is 0 Å². The molecule has 4 aromatic rings. The molecule has 0 saturated carbocycles. The number of primary amides is 1. The van der Waals surface area contributed by atoms with Gasteiger partial charge in [-0.3, -0.25) is 14.4 Å². The fourth-order valence-corrected chi connectivity index (χ4v) is 6.50. The number of nitrogens with zero attached hydrogens (tertiary/aromatic N) is 2. The normalized spacial score (nSPS) is 23.4. The van der Waals surface area contributed by atoms with E-state index in [4.69, 9.17) is 24.3 Å². The number of carbonyl (C=O) groups is 3. The van der Waals surface area contributed by atoms with Gasteiger partial charge in [0.2, 0.25) is 23.6 Å². The predicted octanol–water partition coefficient (Wildman–Crippen LogP) is 2.78. The Morgan fingerprint density at radius 2 is 1.87 bits per heavy atom. The number of nitrogens with two attached hydrogens (primary N) is 1. The van der Waals surface area contributed by atoms with Gasteiger partial charge in [-0.1, -0.05) is 58.0 Å². The van der Waals surface area contributed by atoms with E-state index in [9.17, 15) is 19.5 Å². The van der Waals surface area contributed by atoms with E-state index in [-0.39, 0.29) is 41.4 Å². The summed E-state index contributed by atoms with van der Waals surface area (Å²) in [5.41, 5.74) is 7.71. The van der Waals surface area contributed by atoms with E-state index in [1.54, 1.807) is 13.8 Å². The van der Waals surface area contributed by atoms with Gasteiger partial charge in [0.15, 0.2) is 23.4 Å². The summed E-state index contributed by atoms with van der Waals surface area (Å²) in [5.74, 6) is -1.34. The first-order chi connectivity index (χ1) is 22.0. The van der Waals surface area contributed by atoms with Crippen LogP contribution in [-0.4, -0.2) is 51.2 Å². The Labute approximate surface area is 263 Å². The number of amides is 3. The first-order valence-corrected chi connectivity index (χ1v) is 15.2. The number of oxazole rings is 2. The SMILES string of the molecule is CC(C)[C@H](O)C(=O)N[C@H]1Cc2ccc3c(c2)[C@@]2(c4ccccc4NC2O3)c2oc(nc2-c2nc(C(N)=O)co2)[C@H](C(C)C)NC1=O. The van der Waals surface area contributed by atoms with E-state index in [1.165, 1.54) is 0 Å². The quantitative estimate of drug-likeness (QED) is 0.212. The molecule has 7 rings (SSSR count). The molecule has 0 radical (unpaired) electrons. The first kappa shape index (κ1) is 29.5. The molecule has 0 aliphatic carbocycles. The third-order valence-corrected chi connectivity index (χ3v) is 8.91. The summed E-state index contributed by atoms with van der Waals surface area (Å²) in [6.45, 7) is 7.25. The largest absolute Gasteiger partial charge is 0.469 e. The minimum absolute atomic E-state index is 0.0115. The molecule has 1 spiro atoms. The molecule has 4 bridgehead atoms. The number of aromatic nitrogens is 2. The zero-order chi connectivity index (χ0) is 32.5. The lowest BCUT2D eigenvalue weighted by Gasteiger charge is -2.29. The van der Waals surface area contributed by atoms with Crippen molar-refractivity contribution in [3.8, 4) is 17.3 Å². The fourth-order valence-electron chi connectivity index (χ4n) is 6.50. The first-order valence-electron chi connectivity index (χ1n) is 15.2. The standard InChI is InChI=1S/C33H34N6O7/c1-14(2)23-31-39-24(30-36-21(13-44-30)27(34)41)26(46-31)33-17-7-5-6-8-19(17)37-32(33)45-22-10-9-16(11-18(22)33)12-20(28(42)38-23)35-29(43)25(40)15(3)4/h5-11,13-15,20,23,25,32,37,40H,12H2,1-4H3,(H2,34,41)(H,35,43)(H,38,42)/t20-,23-,25-,32?,33-/m0/s1. The van der Waals surface area contributed by atoms with Crippen LogP contribution in [0.5, 0.6) is 5.75 Å². The van der Waals surface area contributed by atoms with Crippen LogP contribution >= 0.6 is 0 Å². The molecule has 46 heavy (non-hydrogen) atoms. The van der Waals surface area contributed by atoms with E-state index in [0.717, 1.165) is 28.6 Å². The zero-order valence-corrected chi connectivity index (χ0v) is 25.7. The molecule has 3 aliphatic rings. The van der Waals surface area contributed by atoms with Gasteiger partial charge >= 0.3 is 0 Å². The average molecular weight is 627 g/mol. The Bertz CT molecular complexity index is 1880. The van der Waals surface area contributed by atoms with E-state index < -0.39 is 47.6 Å². The van der Waals surface area contributed by atoms with Crippen molar-refractivity contribution in [3.63, 3.8) is 0 Å². The summed E-state index contributed by atoms with van der Waals surface area (Å²) in [6.07, 6.45) is -0.654. The number of hydrogen-bond acceptors (Lipinski definition) is 10. The van der Waals surface area contributed by atoms with Crippen molar-refractivity contribution < 1.29 is 33.1 Å². The summed E-state index contributed by atoms with van der Waals surface area (Å²) < 4.78 is 19.0. The number of carbonyl (C=O) groups excluding carboxylic acids is 3. The molecule has 238 valence electrons. The maximum absolute atomic E-state index is 13.9. The van der Waals surface area contributed by atoms with Gasteiger partial charge in [0.1, 0.15) is 35.6 Å². The third-order valence-electron chi connectivity index (χ3n) is 8.91. The topological polar surface area (TPSA) is 195 Å². The van der Waals surface area contributed by atoms with Crippen LogP contribution in [0.3, 0.4) is 0 Å². The molecular formula is C33H34N6O7. The summed E-state index contributed by atoms with van der Waals surface area (Å²) in [5, 5.41) is 19.7. The van der Waals surface area contributed by atoms with Gasteiger partial charge in [-0.2, -0.15) is 0 Å². The van der Waals surface area contributed by atoms with Crippen LogP contribution in [0.2, 0.25) is 0 Å². The molecule has 1 unspecified atom stereocenters. The number of aliphatic hydroxyl groups excluding tert-OH is 1. The van der Waals surface area contributed by atoms with Gasteiger partial charge in [-0.25, -0.2) is 9.97 Å². The highest BCUT2D eigenvalue weighted by Crippen LogP contribution is 2.59. The van der Waals surface area contributed by atoms with Crippen molar-refractivity contribution in [3.05, 3.63) is 82.8 Å². The summed E-state index contributed by atoms with van der Waals surface area (Å²) >= 11 is 0. The number of hydrogen-bond donors (Lipinski definition) is 5. The highest BCUT2D eigenvalue weighted by molar-refractivity contribution is 5.91. The smallest absolute Gasteiger partial charge is 0.270 e. The van der Waals surface area contributed by atoms with Crippen molar-refractivity contribution in [1.29, 1.82) is 0 Å². The van der Waals surface area contributed by atoms with E-state index in [2.05, 4.69) is 20.9 Å². The fraction of sp³-hybridized carbons (Fsp3) is 0.364. The highest BCUT2D eigenvalue weighted by atomic mass is 16.5. The number of aliphatic hydroxyl groups is 1. The van der Waals surface area contributed by atoms with Crippen molar-refractivity contribution in [1.82, 2.24) is 20.6 Å². The molecule has 5 heterocycles. The van der Waals surface area contributed by atoms with Gasteiger partial charge in [0, 0.05) is 17.7 Å². The number of ether oxygens (including phenoxy) is 1. The molecule has 0 fully saturated rings. The lowest BCUT2D eigenvalue weighted by atomic mass is 9.72. The molecule has 0 saturated heterocycles. The Hall–Kier alpha value is -5.17. The summed E-state index contributed by atoms with van der Waals surface area (Å²) in [7, 11) is 0. The molecule has 6 N–H and O–H groups in total. The molecule has 2 aromatic heterocycles. The third kappa shape index (κ3) is 4.44. The Kier molecular flexibility index (Phi) is 6.89. The van der Waals surface area contributed by atoms with Crippen molar-refractivity contribution in [2.75, 3.05) is 5.32 Å². The number of rotatable bonds is 6. The van der Waals surface area contributed by atoms with Crippen molar-refractivity contribution in [2.24, 2.45) is 17.6 Å². The minimum Gasteiger partial charge on any atom is -0.469 e. The van der Waals surface area contributed by atoms with Crippen molar-refractivity contribution >= 4 is 23.4 Å². The second-order valence-electron chi connectivity index (χ2n) is 12.6. The van der Waals surface area contributed by atoms with Gasteiger partial charge in [0.05, 0.1) is 0 Å². The zero-order valence-electron chi connectivity index (χ0n) is 25.7. The monoisotopic (exact) mass is 626 g/mol. The average Bonchev–Trinajstić information content (AvgIpc) is 3.79. The highest BCUT2D eigenvalue weighted by Gasteiger charge is 2.61. The number of para-hydroxylation sites is 1. The van der Waals surface area contributed by atoms with Crippen LogP contribution < -0.4 is 26.4 Å². The van der Waals surface area contributed by atoms with Crippen LogP contribution in [-0.2, 0) is 21.4 Å². The number of nitrogens with one attached hydrogen (secondary N) is 3. The van der Waals surface area contributed by atoms with Crippen LogP contribution in [0.15, 0.2) is 57.6 Å². The lowest BCUT2D eigenvalue weighted by molar-refractivity contribution is -0.135. The van der Waals surface area contributed by atoms with Gasteiger partial charge in [-0.15, -0.1) is 0 Å². The lowest BCUT2D eigenvalue weighted by Crippen LogP contribution is -2.52. The molecule has 13 nitrogen and oxygen atoms in total. The molecule has 13 heteroatoms.